The van der Waals surface area contributed by atoms with E-state index in [1.54, 1.807) is 6.07 Å². The number of nitrogens with one attached hydrogen (secondary N) is 1. The van der Waals surface area contributed by atoms with E-state index in [0.29, 0.717) is 0 Å². The third-order valence-corrected chi connectivity index (χ3v) is 2.61. The zero-order valence-electron chi connectivity index (χ0n) is 8.67. The number of hydrogen-bond donors (Lipinski definition) is 1. The van der Waals surface area contributed by atoms with Crippen molar-refractivity contribution in [2.75, 3.05) is 5.32 Å². The predicted octanol–water partition coefficient (Wildman–Crippen LogP) is 4.04. The van der Waals surface area contributed by atoms with Gasteiger partial charge in [-0.3, -0.25) is 0 Å². The number of hydrogen-bond acceptors (Lipinski definition) is 2. The monoisotopic (exact) mass is 280 g/mol. The Labute approximate surface area is 102 Å². The second kappa shape index (κ2) is 4.61. The number of benzene rings is 1. The summed E-state index contributed by atoms with van der Waals surface area (Å²) in [6.07, 6.45) is 0. The van der Waals surface area contributed by atoms with Crippen molar-refractivity contribution in [3.05, 3.63) is 52.4 Å². The third-order valence-electron chi connectivity index (χ3n) is 2.17. The maximum atomic E-state index is 12.9. The Kier molecular flexibility index (Phi) is 3.19. The van der Waals surface area contributed by atoms with Crippen LogP contribution in [0, 0.1) is 12.7 Å². The summed E-state index contributed by atoms with van der Waals surface area (Å²) in [5.74, 6) is 0.495. The van der Waals surface area contributed by atoms with Gasteiger partial charge in [-0.1, -0.05) is 6.07 Å². The average Bonchev–Trinajstić information content (AvgIpc) is 2.22. The van der Waals surface area contributed by atoms with Crippen LogP contribution in [0.4, 0.5) is 15.9 Å². The minimum atomic E-state index is -0.231. The fourth-order valence-corrected chi connectivity index (χ4v) is 1.73. The van der Waals surface area contributed by atoms with Crippen molar-refractivity contribution in [2.24, 2.45) is 0 Å². The number of aromatic nitrogens is 1. The molecule has 0 unspecified atom stereocenters. The van der Waals surface area contributed by atoms with Crippen LogP contribution in [-0.4, -0.2) is 4.98 Å². The zero-order chi connectivity index (χ0) is 11.5. The molecule has 2 rings (SSSR count). The van der Waals surface area contributed by atoms with Gasteiger partial charge in [-0.2, -0.15) is 0 Å². The Morgan fingerprint density at radius 3 is 2.75 bits per heavy atom. The minimum Gasteiger partial charge on any atom is -0.340 e. The standard InChI is InChI=1S/C12H10BrFN2/c1-8-7-9(14)5-6-10(8)15-12-4-2-3-11(13)16-12/h2-7H,1H3,(H,15,16). The number of pyridine rings is 1. The summed E-state index contributed by atoms with van der Waals surface area (Å²) >= 11 is 3.29. The lowest BCUT2D eigenvalue weighted by molar-refractivity contribution is 0.627. The number of nitrogens with zero attached hydrogens (tertiary/aromatic N) is 1. The molecule has 0 bridgehead atoms. The van der Waals surface area contributed by atoms with Crippen molar-refractivity contribution in [1.29, 1.82) is 0 Å². The first-order valence-electron chi connectivity index (χ1n) is 4.81. The lowest BCUT2D eigenvalue weighted by Crippen LogP contribution is -1.96. The van der Waals surface area contributed by atoms with Crippen molar-refractivity contribution in [2.45, 2.75) is 6.92 Å². The summed E-state index contributed by atoms with van der Waals surface area (Å²) in [5, 5.41) is 3.13. The van der Waals surface area contributed by atoms with Gasteiger partial charge in [0.2, 0.25) is 0 Å². The Morgan fingerprint density at radius 1 is 1.25 bits per heavy atom. The van der Waals surface area contributed by atoms with Gasteiger partial charge in [0.15, 0.2) is 0 Å². The van der Waals surface area contributed by atoms with Crippen molar-refractivity contribution in [1.82, 2.24) is 4.98 Å². The highest BCUT2D eigenvalue weighted by Crippen LogP contribution is 2.20. The molecule has 2 nitrogen and oxygen atoms in total. The molecule has 1 aromatic carbocycles. The first-order valence-corrected chi connectivity index (χ1v) is 5.60. The van der Waals surface area contributed by atoms with Gasteiger partial charge in [-0.05, 0) is 58.7 Å². The highest BCUT2D eigenvalue weighted by atomic mass is 79.9. The fraction of sp³-hybridized carbons (Fsp3) is 0.0833. The summed E-state index contributed by atoms with van der Waals surface area (Å²) in [4.78, 5) is 4.24. The minimum absolute atomic E-state index is 0.231. The smallest absolute Gasteiger partial charge is 0.131 e. The highest BCUT2D eigenvalue weighted by molar-refractivity contribution is 9.10. The van der Waals surface area contributed by atoms with Crippen LogP contribution < -0.4 is 5.32 Å². The number of aryl methyl sites for hydroxylation is 1. The van der Waals surface area contributed by atoms with Gasteiger partial charge < -0.3 is 5.32 Å². The van der Waals surface area contributed by atoms with Crippen LogP contribution in [0.25, 0.3) is 0 Å². The Morgan fingerprint density at radius 2 is 2.06 bits per heavy atom. The maximum Gasteiger partial charge on any atom is 0.131 e. The molecule has 1 N–H and O–H groups in total. The maximum absolute atomic E-state index is 12.9. The average molecular weight is 281 g/mol. The molecule has 0 amide bonds. The van der Waals surface area contributed by atoms with E-state index >= 15 is 0 Å². The van der Waals surface area contributed by atoms with E-state index in [4.69, 9.17) is 0 Å². The molecule has 2 aromatic rings. The molecule has 1 aromatic heterocycles. The quantitative estimate of drug-likeness (QED) is 0.840. The van der Waals surface area contributed by atoms with E-state index in [1.165, 1.54) is 12.1 Å². The van der Waals surface area contributed by atoms with Gasteiger partial charge >= 0.3 is 0 Å². The largest absolute Gasteiger partial charge is 0.340 e. The first-order chi connectivity index (χ1) is 7.65. The van der Waals surface area contributed by atoms with Crippen LogP contribution in [-0.2, 0) is 0 Å². The van der Waals surface area contributed by atoms with Gasteiger partial charge in [0.05, 0.1) is 0 Å². The van der Waals surface area contributed by atoms with Gasteiger partial charge in [0.25, 0.3) is 0 Å². The number of anilines is 2. The van der Waals surface area contributed by atoms with E-state index in [1.807, 2.05) is 25.1 Å². The SMILES string of the molecule is Cc1cc(F)ccc1Nc1cccc(Br)n1. The van der Waals surface area contributed by atoms with Gasteiger partial charge in [-0.15, -0.1) is 0 Å². The van der Waals surface area contributed by atoms with Crippen molar-refractivity contribution >= 4 is 27.4 Å². The van der Waals surface area contributed by atoms with Crippen molar-refractivity contribution in [3.8, 4) is 0 Å². The van der Waals surface area contributed by atoms with E-state index in [2.05, 4.69) is 26.2 Å². The molecule has 82 valence electrons. The number of rotatable bonds is 2. The van der Waals surface area contributed by atoms with Gasteiger partial charge in [-0.25, -0.2) is 9.37 Å². The molecule has 0 aliphatic rings. The van der Waals surface area contributed by atoms with Crippen molar-refractivity contribution < 1.29 is 4.39 Å². The molecule has 0 saturated heterocycles. The summed E-state index contributed by atoms with van der Waals surface area (Å²) in [6.45, 7) is 1.85. The lowest BCUT2D eigenvalue weighted by Gasteiger charge is -2.08. The second-order valence-electron chi connectivity index (χ2n) is 3.43. The molecule has 0 aliphatic carbocycles. The molecule has 0 fully saturated rings. The molecule has 4 heteroatoms. The van der Waals surface area contributed by atoms with E-state index in [9.17, 15) is 4.39 Å². The summed E-state index contributed by atoms with van der Waals surface area (Å²) in [6, 6.07) is 10.2. The second-order valence-corrected chi connectivity index (χ2v) is 4.24. The van der Waals surface area contributed by atoms with Gasteiger partial charge in [0, 0.05) is 5.69 Å². The molecule has 16 heavy (non-hydrogen) atoms. The summed E-state index contributed by atoms with van der Waals surface area (Å²) < 4.78 is 13.7. The fourth-order valence-electron chi connectivity index (χ4n) is 1.38. The Hall–Kier alpha value is -1.42. The molecule has 0 atom stereocenters. The first kappa shape index (κ1) is 11.1. The zero-order valence-corrected chi connectivity index (χ0v) is 10.3. The van der Waals surface area contributed by atoms with Gasteiger partial charge in [0.1, 0.15) is 16.2 Å². The Balaban J connectivity index is 2.27. The topological polar surface area (TPSA) is 24.9 Å². The summed E-state index contributed by atoms with van der Waals surface area (Å²) in [5.41, 5.74) is 1.70. The van der Waals surface area contributed by atoms with Crippen LogP contribution >= 0.6 is 15.9 Å². The normalized spacial score (nSPS) is 10.2. The van der Waals surface area contributed by atoms with Crippen LogP contribution in [0.5, 0.6) is 0 Å². The highest BCUT2D eigenvalue weighted by Gasteiger charge is 2.01. The van der Waals surface area contributed by atoms with Crippen LogP contribution in [0.1, 0.15) is 5.56 Å². The molecule has 0 saturated carbocycles. The summed E-state index contributed by atoms with van der Waals surface area (Å²) in [7, 11) is 0. The molecular weight excluding hydrogens is 271 g/mol. The molecular formula is C12H10BrFN2. The Bertz CT molecular complexity index is 514. The van der Waals surface area contributed by atoms with Crippen LogP contribution in [0.3, 0.4) is 0 Å². The van der Waals surface area contributed by atoms with Crippen LogP contribution in [0.15, 0.2) is 41.0 Å². The predicted molar refractivity (Wildman–Crippen MR) is 66.4 cm³/mol. The molecule has 0 radical (unpaired) electrons. The third kappa shape index (κ3) is 2.58. The molecule has 0 aliphatic heterocycles. The van der Waals surface area contributed by atoms with E-state index in [0.717, 1.165) is 21.7 Å². The van der Waals surface area contributed by atoms with Crippen LogP contribution in [0.2, 0.25) is 0 Å². The van der Waals surface area contributed by atoms with E-state index in [-0.39, 0.29) is 5.82 Å². The molecule has 0 spiro atoms. The van der Waals surface area contributed by atoms with E-state index < -0.39 is 0 Å². The molecule has 1 heterocycles. The van der Waals surface area contributed by atoms with Crippen molar-refractivity contribution in [3.63, 3.8) is 0 Å². The lowest BCUT2D eigenvalue weighted by atomic mass is 10.2. The number of halogens is 2.